The summed E-state index contributed by atoms with van der Waals surface area (Å²) in [5.74, 6) is 0.960. The number of fused-ring (bicyclic) bond motifs is 2. The number of thiazole rings is 2. The maximum absolute atomic E-state index is 13.7. The highest BCUT2D eigenvalue weighted by molar-refractivity contribution is 7.24. The summed E-state index contributed by atoms with van der Waals surface area (Å²) in [5.41, 5.74) is 1.17. The molecule has 2 aromatic heterocycles. The fourth-order valence-corrected chi connectivity index (χ4v) is 4.19. The SMILES string of the molecule is COc1cc2nc(Nc3nc4c(F)cccc4s3)sc2cc1OC. The largest absolute Gasteiger partial charge is 0.493 e. The molecule has 0 unspecified atom stereocenters. The standard InChI is InChI=1S/C16H12FN3O2S2/c1-21-10-6-9-13(7-11(10)22-2)24-15(18-9)20-16-19-14-8(17)4-3-5-12(14)23-16/h3-7H,1-2H3,(H,18,19,20). The molecule has 0 spiro atoms. The van der Waals surface area contributed by atoms with Gasteiger partial charge in [-0.1, -0.05) is 28.7 Å². The Labute approximate surface area is 144 Å². The van der Waals surface area contributed by atoms with Gasteiger partial charge in [0, 0.05) is 12.1 Å². The molecule has 2 heterocycles. The quantitative estimate of drug-likeness (QED) is 0.565. The number of methoxy groups -OCH3 is 2. The van der Waals surface area contributed by atoms with E-state index in [1.54, 1.807) is 20.3 Å². The molecule has 2 aromatic carbocycles. The Balaban J connectivity index is 1.72. The first-order valence-electron chi connectivity index (χ1n) is 7.02. The molecular formula is C16H12FN3O2S2. The number of hydrogen-bond donors (Lipinski definition) is 1. The Bertz CT molecular complexity index is 1000. The summed E-state index contributed by atoms with van der Waals surface area (Å²) < 4.78 is 26.1. The first-order valence-corrected chi connectivity index (χ1v) is 8.66. The minimum atomic E-state index is -0.324. The van der Waals surface area contributed by atoms with Crippen LogP contribution in [0.1, 0.15) is 0 Å². The fraction of sp³-hybridized carbons (Fsp3) is 0.125. The Hall–Kier alpha value is -2.45. The maximum atomic E-state index is 13.7. The van der Waals surface area contributed by atoms with E-state index < -0.39 is 0 Å². The van der Waals surface area contributed by atoms with Crippen LogP contribution in [-0.4, -0.2) is 24.2 Å². The van der Waals surface area contributed by atoms with E-state index >= 15 is 0 Å². The van der Waals surface area contributed by atoms with Crippen LogP contribution in [0.5, 0.6) is 11.5 Å². The monoisotopic (exact) mass is 361 g/mol. The predicted octanol–water partition coefficient (Wildman–Crippen LogP) is 4.81. The number of nitrogens with one attached hydrogen (secondary N) is 1. The van der Waals surface area contributed by atoms with Gasteiger partial charge >= 0.3 is 0 Å². The van der Waals surface area contributed by atoms with Gasteiger partial charge in [0.05, 0.1) is 29.1 Å². The molecule has 4 aromatic rings. The van der Waals surface area contributed by atoms with Crippen LogP contribution in [0.4, 0.5) is 14.7 Å². The van der Waals surface area contributed by atoms with Gasteiger partial charge in [0.2, 0.25) is 0 Å². The molecule has 0 aliphatic rings. The summed E-state index contributed by atoms with van der Waals surface area (Å²) in [6.07, 6.45) is 0. The summed E-state index contributed by atoms with van der Waals surface area (Å²) >= 11 is 2.86. The third-order valence-electron chi connectivity index (χ3n) is 3.48. The van der Waals surface area contributed by atoms with Gasteiger partial charge in [-0.25, -0.2) is 14.4 Å². The van der Waals surface area contributed by atoms with Crippen molar-refractivity contribution >= 4 is 53.4 Å². The van der Waals surface area contributed by atoms with Gasteiger partial charge in [-0.05, 0) is 12.1 Å². The zero-order valence-electron chi connectivity index (χ0n) is 12.8. The van der Waals surface area contributed by atoms with E-state index in [9.17, 15) is 4.39 Å². The van der Waals surface area contributed by atoms with Crippen LogP contribution >= 0.6 is 22.7 Å². The van der Waals surface area contributed by atoms with Gasteiger partial charge in [-0.3, -0.25) is 0 Å². The number of rotatable bonds is 4. The summed E-state index contributed by atoms with van der Waals surface area (Å²) in [6.45, 7) is 0. The van der Waals surface area contributed by atoms with Crippen molar-refractivity contribution in [2.24, 2.45) is 0 Å². The second-order valence-electron chi connectivity index (χ2n) is 4.92. The molecule has 0 aliphatic carbocycles. The molecule has 0 amide bonds. The third kappa shape index (κ3) is 2.53. The van der Waals surface area contributed by atoms with Crippen LogP contribution in [0.25, 0.3) is 20.4 Å². The molecule has 0 aliphatic heterocycles. The van der Waals surface area contributed by atoms with Crippen molar-refractivity contribution in [3.8, 4) is 11.5 Å². The van der Waals surface area contributed by atoms with Crippen molar-refractivity contribution in [3.05, 3.63) is 36.1 Å². The number of aromatic nitrogens is 2. The number of anilines is 2. The Morgan fingerprint density at radius 2 is 1.67 bits per heavy atom. The highest BCUT2D eigenvalue weighted by Crippen LogP contribution is 2.37. The summed E-state index contributed by atoms with van der Waals surface area (Å²) in [6, 6.07) is 8.64. The topological polar surface area (TPSA) is 56.3 Å². The second-order valence-corrected chi connectivity index (χ2v) is 6.99. The lowest BCUT2D eigenvalue weighted by Crippen LogP contribution is -1.90. The van der Waals surface area contributed by atoms with Crippen molar-refractivity contribution in [3.63, 3.8) is 0 Å². The molecule has 4 rings (SSSR count). The van der Waals surface area contributed by atoms with E-state index in [0.717, 1.165) is 14.9 Å². The molecule has 0 fully saturated rings. The predicted molar refractivity (Wildman–Crippen MR) is 95.6 cm³/mol. The van der Waals surface area contributed by atoms with E-state index in [-0.39, 0.29) is 5.82 Å². The maximum Gasteiger partial charge on any atom is 0.190 e. The van der Waals surface area contributed by atoms with E-state index in [1.807, 2.05) is 18.2 Å². The van der Waals surface area contributed by atoms with Crippen molar-refractivity contribution < 1.29 is 13.9 Å². The zero-order chi connectivity index (χ0) is 16.7. The minimum absolute atomic E-state index is 0.324. The fourth-order valence-electron chi connectivity index (χ4n) is 2.37. The van der Waals surface area contributed by atoms with Crippen LogP contribution in [-0.2, 0) is 0 Å². The van der Waals surface area contributed by atoms with Crippen LogP contribution in [0, 0.1) is 5.82 Å². The molecule has 0 atom stereocenters. The Morgan fingerprint density at radius 1 is 0.958 bits per heavy atom. The van der Waals surface area contributed by atoms with Gasteiger partial charge < -0.3 is 14.8 Å². The average molecular weight is 361 g/mol. The highest BCUT2D eigenvalue weighted by atomic mass is 32.1. The Morgan fingerprint density at radius 3 is 2.42 bits per heavy atom. The first-order chi connectivity index (χ1) is 11.7. The number of benzene rings is 2. The van der Waals surface area contributed by atoms with E-state index in [0.29, 0.717) is 27.3 Å². The number of halogens is 1. The summed E-state index contributed by atoms with van der Waals surface area (Å²) in [7, 11) is 3.18. The van der Waals surface area contributed by atoms with Gasteiger partial charge in [-0.2, -0.15) is 0 Å². The molecule has 0 bridgehead atoms. The van der Waals surface area contributed by atoms with Crippen LogP contribution in [0.3, 0.4) is 0 Å². The van der Waals surface area contributed by atoms with Crippen molar-refractivity contribution in [2.75, 3.05) is 19.5 Å². The molecule has 122 valence electrons. The van der Waals surface area contributed by atoms with Crippen molar-refractivity contribution in [1.82, 2.24) is 9.97 Å². The molecule has 24 heavy (non-hydrogen) atoms. The lowest BCUT2D eigenvalue weighted by molar-refractivity contribution is 0.356. The zero-order valence-corrected chi connectivity index (χ0v) is 14.4. The number of para-hydroxylation sites is 1. The van der Waals surface area contributed by atoms with Gasteiger partial charge in [0.25, 0.3) is 0 Å². The minimum Gasteiger partial charge on any atom is -0.493 e. The third-order valence-corrected chi connectivity index (χ3v) is 5.35. The molecule has 0 saturated heterocycles. The van der Waals surface area contributed by atoms with Gasteiger partial charge in [-0.15, -0.1) is 0 Å². The average Bonchev–Trinajstić information content (AvgIpc) is 3.16. The second kappa shape index (κ2) is 5.88. The lowest BCUT2D eigenvalue weighted by Gasteiger charge is -2.05. The molecule has 8 heteroatoms. The normalized spacial score (nSPS) is 11.1. The Kier molecular flexibility index (Phi) is 3.70. The summed E-state index contributed by atoms with van der Waals surface area (Å²) in [5, 5.41) is 4.44. The van der Waals surface area contributed by atoms with Crippen LogP contribution in [0.15, 0.2) is 30.3 Å². The van der Waals surface area contributed by atoms with E-state index in [4.69, 9.17) is 9.47 Å². The van der Waals surface area contributed by atoms with E-state index in [2.05, 4.69) is 15.3 Å². The number of hydrogen-bond acceptors (Lipinski definition) is 7. The van der Waals surface area contributed by atoms with Crippen molar-refractivity contribution in [2.45, 2.75) is 0 Å². The van der Waals surface area contributed by atoms with Crippen LogP contribution in [0.2, 0.25) is 0 Å². The van der Waals surface area contributed by atoms with Crippen LogP contribution < -0.4 is 14.8 Å². The molecular weight excluding hydrogens is 349 g/mol. The first kappa shape index (κ1) is 15.1. The van der Waals surface area contributed by atoms with Crippen molar-refractivity contribution in [1.29, 1.82) is 0 Å². The molecule has 1 N–H and O–H groups in total. The molecule has 0 radical (unpaired) electrons. The van der Waals surface area contributed by atoms with E-state index in [1.165, 1.54) is 28.7 Å². The number of ether oxygens (including phenoxy) is 2. The number of nitrogens with zero attached hydrogens (tertiary/aromatic N) is 2. The lowest BCUT2D eigenvalue weighted by atomic mass is 10.3. The van der Waals surface area contributed by atoms with Gasteiger partial charge in [0.1, 0.15) is 11.3 Å². The molecule has 5 nitrogen and oxygen atoms in total. The van der Waals surface area contributed by atoms with Gasteiger partial charge in [0.15, 0.2) is 21.8 Å². The highest BCUT2D eigenvalue weighted by Gasteiger charge is 2.13. The smallest absolute Gasteiger partial charge is 0.190 e. The molecule has 0 saturated carbocycles. The summed E-state index contributed by atoms with van der Waals surface area (Å²) in [4.78, 5) is 8.82.